The number of sulfonamides is 1. The average molecular weight is 402 g/mol. The molecule has 0 bridgehead atoms. The lowest BCUT2D eigenvalue weighted by Gasteiger charge is -2.29. The van der Waals surface area contributed by atoms with Gasteiger partial charge in [-0.15, -0.1) is 0 Å². The second-order valence-electron chi connectivity index (χ2n) is 8.35. The summed E-state index contributed by atoms with van der Waals surface area (Å²) in [5.74, 6) is 0.576. The number of nitrogens with zero attached hydrogens (tertiary/aromatic N) is 1. The van der Waals surface area contributed by atoms with Crippen molar-refractivity contribution >= 4 is 10.0 Å². The monoisotopic (exact) mass is 401 g/mol. The van der Waals surface area contributed by atoms with E-state index >= 15 is 0 Å². The van der Waals surface area contributed by atoms with Crippen molar-refractivity contribution in [3.05, 3.63) is 52.7 Å². The van der Waals surface area contributed by atoms with Gasteiger partial charge in [-0.25, -0.2) is 8.42 Å². The van der Waals surface area contributed by atoms with Crippen LogP contribution in [-0.4, -0.2) is 19.3 Å². The molecule has 1 aromatic rings. The minimum Gasteiger partial charge on any atom is -0.266 e. The summed E-state index contributed by atoms with van der Waals surface area (Å²) < 4.78 is 28.5. The van der Waals surface area contributed by atoms with E-state index in [0.717, 1.165) is 36.9 Å². The summed E-state index contributed by atoms with van der Waals surface area (Å²) in [4.78, 5) is 0.410. The molecule has 1 heterocycles. The van der Waals surface area contributed by atoms with Gasteiger partial charge in [0, 0.05) is 6.54 Å². The first-order chi connectivity index (χ1) is 13.5. The number of unbranched alkanes of at least 4 members (excludes halogenated alkanes) is 3. The van der Waals surface area contributed by atoms with E-state index in [0.29, 0.717) is 17.4 Å². The molecule has 0 saturated carbocycles. The smallest absolute Gasteiger partial charge is 0.264 e. The fraction of sp³-hybridized carbons (Fsp3) is 0.583. The van der Waals surface area contributed by atoms with Gasteiger partial charge in [0.05, 0.1) is 10.6 Å². The molecule has 0 saturated heterocycles. The molecule has 0 fully saturated rings. The molecule has 3 nitrogen and oxygen atoms in total. The SMILES string of the molecule is CCCCCCC1=CC(CCC)CC2=C1N(S(=O)(=O)c1ccc(C)cc1)CC2. The Bertz CT molecular complexity index is 834. The summed E-state index contributed by atoms with van der Waals surface area (Å²) in [7, 11) is -3.49. The lowest BCUT2D eigenvalue weighted by Crippen LogP contribution is -2.29. The van der Waals surface area contributed by atoms with Crippen molar-refractivity contribution in [3.63, 3.8) is 0 Å². The molecule has 1 aliphatic carbocycles. The van der Waals surface area contributed by atoms with E-state index in [1.807, 2.05) is 19.1 Å². The Balaban J connectivity index is 1.88. The van der Waals surface area contributed by atoms with Gasteiger partial charge < -0.3 is 0 Å². The van der Waals surface area contributed by atoms with Crippen LogP contribution in [0.5, 0.6) is 0 Å². The van der Waals surface area contributed by atoms with Crippen LogP contribution in [0.4, 0.5) is 0 Å². The third kappa shape index (κ3) is 4.53. The topological polar surface area (TPSA) is 37.4 Å². The van der Waals surface area contributed by atoms with Crippen LogP contribution in [0.25, 0.3) is 0 Å². The van der Waals surface area contributed by atoms with Crippen molar-refractivity contribution in [1.29, 1.82) is 0 Å². The predicted molar refractivity (Wildman–Crippen MR) is 117 cm³/mol. The molecule has 0 N–H and O–H groups in total. The molecule has 0 spiro atoms. The first kappa shape index (κ1) is 21.2. The van der Waals surface area contributed by atoms with Crippen LogP contribution in [0.1, 0.15) is 77.2 Å². The lowest BCUT2D eigenvalue weighted by molar-refractivity contribution is 0.496. The van der Waals surface area contributed by atoms with Crippen LogP contribution < -0.4 is 0 Å². The van der Waals surface area contributed by atoms with Crippen LogP contribution in [-0.2, 0) is 10.0 Å². The van der Waals surface area contributed by atoms with Crippen molar-refractivity contribution in [2.24, 2.45) is 5.92 Å². The Hall–Kier alpha value is -1.55. The highest BCUT2D eigenvalue weighted by atomic mass is 32.2. The first-order valence-corrected chi connectivity index (χ1v) is 12.4. The number of hydrogen-bond donors (Lipinski definition) is 0. The van der Waals surface area contributed by atoms with Gasteiger partial charge in [-0.3, -0.25) is 4.31 Å². The molecular weight excluding hydrogens is 366 g/mol. The minimum atomic E-state index is -3.49. The summed E-state index contributed by atoms with van der Waals surface area (Å²) in [5, 5.41) is 0. The molecule has 28 heavy (non-hydrogen) atoms. The Morgan fingerprint density at radius 3 is 2.46 bits per heavy atom. The summed E-state index contributed by atoms with van der Waals surface area (Å²) in [5.41, 5.74) is 4.76. The van der Waals surface area contributed by atoms with Crippen molar-refractivity contribution in [1.82, 2.24) is 4.31 Å². The second-order valence-corrected chi connectivity index (χ2v) is 10.2. The number of aryl methyl sites for hydroxylation is 1. The summed E-state index contributed by atoms with van der Waals surface area (Å²) in [6, 6.07) is 7.27. The highest BCUT2D eigenvalue weighted by Crippen LogP contribution is 2.43. The maximum Gasteiger partial charge on any atom is 0.264 e. The Kier molecular flexibility index (Phi) is 7.03. The highest BCUT2D eigenvalue weighted by Gasteiger charge is 2.36. The van der Waals surface area contributed by atoms with Crippen molar-refractivity contribution in [3.8, 4) is 0 Å². The summed E-state index contributed by atoms with van der Waals surface area (Å²) >= 11 is 0. The van der Waals surface area contributed by atoms with E-state index in [1.54, 1.807) is 16.4 Å². The lowest BCUT2D eigenvalue weighted by atomic mass is 9.84. The Morgan fingerprint density at radius 1 is 1.04 bits per heavy atom. The van der Waals surface area contributed by atoms with Crippen LogP contribution in [0.3, 0.4) is 0 Å². The Labute approximate surface area is 171 Å². The summed E-state index contributed by atoms with van der Waals surface area (Å²) in [6.07, 6.45) is 12.5. The Morgan fingerprint density at radius 2 is 1.79 bits per heavy atom. The van der Waals surface area contributed by atoms with Crippen molar-refractivity contribution in [2.75, 3.05) is 6.54 Å². The van der Waals surface area contributed by atoms with Gasteiger partial charge in [-0.05, 0) is 68.2 Å². The largest absolute Gasteiger partial charge is 0.266 e. The van der Waals surface area contributed by atoms with E-state index in [-0.39, 0.29) is 0 Å². The first-order valence-electron chi connectivity index (χ1n) is 11.0. The van der Waals surface area contributed by atoms with Crippen molar-refractivity contribution < 1.29 is 8.42 Å². The van der Waals surface area contributed by atoms with E-state index in [4.69, 9.17) is 0 Å². The van der Waals surface area contributed by atoms with Crippen LogP contribution in [0.2, 0.25) is 0 Å². The van der Waals surface area contributed by atoms with E-state index < -0.39 is 10.0 Å². The molecule has 1 aromatic carbocycles. The molecule has 4 heteroatoms. The van der Waals surface area contributed by atoms with E-state index in [2.05, 4.69) is 19.9 Å². The average Bonchev–Trinajstić information content (AvgIpc) is 3.11. The molecule has 0 aromatic heterocycles. The predicted octanol–water partition coefficient (Wildman–Crippen LogP) is 6.36. The zero-order chi connectivity index (χ0) is 20.1. The van der Waals surface area contributed by atoms with Crippen LogP contribution in [0, 0.1) is 12.8 Å². The van der Waals surface area contributed by atoms with Gasteiger partial charge in [0.15, 0.2) is 0 Å². The van der Waals surface area contributed by atoms with Gasteiger partial charge in [-0.2, -0.15) is 0 Å². The fourth-order valence-electron chi connectivity index (χ4n) is 4.55. The van der Waals surface area contributed by atoms with Crippen LogP contribution in [0.15, 0.2) is 52.1 Å². The van der Waals surface area contributed by atoms with E-state index in [1.165, 1.54) is 43.3 Å². The van der Waals surface area contributed by atoms with Gasteiger partial charge in [-0.1, -0.05) is 63.3 Å². The number of hydrogen-bond acceptors (Lipinski definition) is 2. The number of benzene rings is 1. The molecule has 0 radical (unpaired) electrons. The standard InChI is InChI=1S/C24H35NO2S/c1-4-6-7-8-10-21-17-20(9-5-2)18-22-15-16-25(24(21)22)28(26,27)23-13-11-19(3)12-14-23/h11-14,17,20H,4-10,15-16,18H2,1-3H3. The van der Waals surface area contributed by atoms with Crippen molar-refractivity contribution in [2.45, 2.75) is 83.5 Å². The van der Waals surface area contributed by atoms with Gasteiger partial charge >= 0.3 is 0 Å². The molecule has 0 amide bonds. The maximum atomic E-state index is 13.4. The maximum absolute atomic E-state index is 13.4. The number of allylic oxidation sites excluding steroid dienone is 2. The van der Waals surface area contributed by atoms with Gasteiger partial charge in [0.1, 0.15) is 0 Å². The number of rotatable bonds is 9. The molecule has 154 valence electrons. The van der Waals surface area contributed by atoms with E-state index in [9.17, 15) is 8.42 Å². The molecule has 3 rings (SSSR count). The molecule has 1 unspecified atom stereocenters. The van der Waals surface area contributed by atoms with Gasteiger partial charge in [0.2, 0.25) is 0 Å². The zero-order valence-corrected chi connectivity index (χ0v) is 18.5. The molecule has 1 aliphatic heterocycles. The molecule has 1 atom stereocenters. The quantitative estimate of drug-likeness (QED) is 0.451. The summed E-state index contributed by atoms with van der Waals surface area (Å²) in [6.45, 7) is 7.04. The third-order valence-electron chi connectivity index (χ3n) is 6.02. The molecular formula is C24H35NO2S. The minimum absolute atomic E-state index is 0.410. The zero-order valence-electron chi connectivity index (χ0n) is 17.7. The molecule has 2 aliphatic rings. The van der Waals surface area contributed by atoms with Crippen LogP contribution >= 0.6 is 0 Å². The normalized spacial score (nSPS) is 19.8. The fourth-order valence-corrected chi connectivity index (χ4v) is 6.10. The van der Waals surface area contributed by atoms with Gasteiger partial charge in [0.25, 0.3) is 10.0 Å². The third-order valence-corrected chi connectivity index (χ3v) is 7.83. The second kappa shape index (κ2) is 9.30. The highest BCUT2D eigenvalue weighted by molar-refractivity contribution is 7.89.